The maximum atomic E-state index is 6.34. The van der Waals surface area contributed by atoms with E-state index >= 15 is 0 Å². The van der Waals surface area contributed by atoms with E-state index in [0.29, 0.717) is 11.3 Å². The fourth-order valence-electron chi connectivity index (χ4n) is 2.96. The molecule has 1 fully saturated rings. The van der Waals surface area contributed by atoms with Gasteiger partial charge in [-0.2, -0.15) is 0 Å². The number of fused-ring (bicyclic) bond motifs is 5. The third kappa shape index (κ3) is 1.05. The topological polar surface area (TPSA) is 0 Å². The zero-order valence-corrected chi connectivity index (χ0v) is 8.30. The lowest BCUT2D eigenvalue weighted by atomic mass is 9.86. The maximum Gasteiger partial charge on any atom is 0.0405 e. The molecule has 0 radical (unpaired) electrons. The van der Waals surface area contributed by atoms with E-state index in [0.717, 1.165) is 5.92 Å². The molecule has 0 aromatic heterocycles. The van der Waals surface area contributed by atoms with Gasteiger partial charge in [0.15, 0.2) is 0 Å². The highest BCUT2D eigenvalue weighted by Crippen LogP contribution is 2.51. The fourth-order valence-corrected chi connectivity index (χ4v) is 3.32. The molecule has 0 nitrogen and oxygen atoms in total. The minimum atomic E-state index is 0.389. The van der Waals surface area contributed by atoms with Gasteiger partial charge in [-0.3, -0.25) is 0 Å². The van der Waals surface area contributed by atoms with Gasteiger partial charge in [-0.1, -0.05) is 24.3 Å². The van der Waals surface area contributed by atoms with Crippen LogP contribution in [0.2, 0.25) is 0 Å². The SMILES string of the molecule is Cl[C@@H]1CC[C@H]2C[C@H]1c1ccccc12. The van der Waals surface area contributed by atoms with E-state index in [1.54, 1.807) is 5.56 Å². The number of alkyl halides is 1. The molecule has 68 valence electrons. The third-order valence-electron chi connectivity index (χ3n) is 3.60. The van der Waals surface area contributed by atoms with E-state index in [1.165, 1.54) is 24.8 Å². The van der Waals surface area contributed by atoms with Crippen molar-refractivity contribution >= 4 is 11.6 Å². The number of rotatable bonds is 0. The largest absolute Gasteiger partial charge is 0.122 e. The van der Waals surface area contributed by atoms with Gasteiger partial charge in [0, 0.05) is 11.3 Å². The Bertz CT molecular complexity index is 332. The molecular formula is C12H13Cl. The normalized spacial score (nSPS) is 35.9. The molecule has 13 heavy (non-hydrogen) atoms. The van der Waals surface area contributed by atoms with Crippen molar-refractivity contribution in [1.82, 2.24) is 0 Å². The summed E-state index contributed by atoms with van der Waals surface area (Å²) in [5, 5.41) is 0.389. The summed E-state index contributed by atoms with van der Waals surface area (Å²) >= 11 is 6.34. The van der Waals surface area contributed by atoms with Crippen molar-refractivity contribution in [3.05, 3.63) is 35.4 Å². The van der Waals surface area contributed by atoms with Gasteiger partial charge in [0.05, 0.1) is 0 Å². The van der Waals surface area contributed by atoms with E-state index < -0.39 is 0 Å². The molecule has 0 N–H and O–H groups in total. The zero-order chi connectivity index (χ0) is 8.84. The summed E-state index contributed by atoms with van der Waals surface area (Å²) in [7, 11) is 0. The summed E-state index contributed by atoms with van der Waals surface area (Å²) in [5.74, 6) is 1.47. The van der Waals surface area contributed by atoms with Gasteiger partial charge in [-0.05, 0) is 36.3 Å². The van der Waals surface area contributed by atoms with Gasteiger partial charge < -0.3 is 0 Å². The second-order valence-corrected chi connectivity index (χ2v) is 4.82. The Morgan fingerprint density at radius 3 is 2.69 bits per heavy atom. The van der Waals surface area contributed by atoms with E-state index in [9.17, 15) is 0 Å². The first-order valence-corrected chi connectivity index (χ1v) is 5.53. The predicted octanol–water partition coefficient (Wildman–Crippen LogP) is 3.66. The minimum Gasteiger partial charge on any atom is -0.122 e. The number of hydrogen-bond donors (Lipinski definition) is 0. The van der Waals surface area contributed by atoms with Crippen molar-refractivity contribution < 1.29 is 0 Å². The Hall–Kier alpha value is -0.490. The zero-order valence-electron chi connectivity index (χ0n) is 7.54. The molecule has 0 unspecified atom stereocenters. The highest BCUT2D eigenvalue weighted by molar-refractivity contribution is 6.21. The molecule has 2 aliphatic rings. The lowest BCUT2D eigenvalue weighted by molar-refractivity contribution is 0.442. The molecular weight excluding hydrogens is 180 g/mol. The summed E-state index contributed by atoms with van der Waals surface area (Å²) in [6.07, 6.45) is 3.79. The number of benzene rings is 1. The Morgan fingerprint density at radius 2 is 1.85 bits per heavy atom. The quantitative estimate of drug-likeness (QED) is 0.551. The fraction of sp³-hybridized carbons (Fsp3) is 0.500. The van der Waals surface area contributed by atoms with Gasteiger partial charge in [0.1, 0.15) is 0 Å². The van der Waals surface area contributed by atoms with Crippen molar-refractivity contribution in [1.29, 1.82) is 0 Å². The third-order valence-corrected chi connectivity index (χ3v) is 4.12. The molecule has 2 aliphatic carbocycles. The molecule has 0 spiro atoms. The lowest BCUT2D eigenvalue weighted by Crippen LogP contribution is -2.15. The summed E-state index contributed by atoms with van der Waals surface area (Å²) in [6, 6.07) is 8.85. The maximum absolute atomic E-state index is 6.34. The molecule has 0 amide bonds. The summed E-state index contributed by atoms with van der Waals surface area (Å²) < 4.78 is 0. The van der Waals surface area contributed by atoms with Crippen LogP contribution in [-0.2, 0) is 0 Å². The van der Waals surface area contributed by atoms with Crippen LogP contribution in [0.5, 0.6) is 0 Å². The summed E-state index contributed by atoms with van der Waals surface area (Å²) in [4.78, 5) is 0. The van der Waals surface area contributed by atoms with Crippen LogP contribution in [0.25, 0.3) is 0 Å². The van der Waals surface area contributed by atoms with E-state index in [2.05, 4.69) is 24.3 Å². The summed E-state index contributed by atoms with van der Waals surface area (Å²) in [5.41, 5.74) is 3.11. The number of hydrogen-bond acceptors (Lipinski definition) is 0. The molecule has 3 atom stereocenters. The first-order valence-electron chi connectivity index (χ1n) is 5.09. The van der Waals surface area contributed by atoms with Crippen molar-refractivity contribution in [2.45, 2.75) is 36.5 Å². The highest BCUT2D eigenvalue weighted by Gasteiger charge is 2.38. The van der Waals surface area contributed by atoms with Gasteiger partial charge >= 0.3 is 0 Å². The Balaban J connectivity index is 2.13. The van der Waals surface area contributed by atoms with Crippen molar-refractivity contribution in [3.8, 4) is 0 Å². The molecule has 2 bridgehead atoms. The van der Waals surface area contributed by atoms with Crippen LogP contribution in [0, 0.1) is 0 Å². The van der Waals surface area contributed by atoms with Crippen LogP contribution in [0.15, 0.2) is 24.3 Å². The summed E-state index contributed by atoms with van der Waals surface area (Å²) in [6.45, 7) is 0. The Labute approximate surface area is 83.9 Å². The van der Waals surface area contributed by atoms with Gasteiger partial charge in [-0.15, -0.1) is 11.6 Å². The second kappa shape index (κ2) is 2.75. The van der Waals surface area contributed by atoms with Crippen LogP contribution >= 0.6 is 11.6 Å². The first kappa shape index (κ1) is 7.87. The smallest absolute Gasteiger partial charge is 0.0405 e. The van der Waals surface area contributed by atoms with Crippen LogP contribution in [0.3, 0.4) is 0 Å². The van der Waals surface area contributed by atoms with Gasteiger partial charge in [0.2, 0.25) is 0 Å². The standard InChI is InChI=1S/C12H13Cl/c13-12-6-5-8-7-11(12)10-4-2-1-3-9(8)10/h1-4,8,11-12H,5-7H2/t8-,11-,12+/m0/s1. The van der Waals surface area contributed by atoms with Crippen molar-refractivity contribution in [3.63, 3.8) is 0 Å². The molecule has 3 rings (SSSR count). The average Bonchev–Trinajstić information content (AvgIpc) is 2.48. The molecule has 0 saturated heterocycles. The van der Waals surface area contributed by atoms with Gasteiger partial charge in [-0.25, -0.2) is 0 Å². The average molecular weight is 193 g/mol. The predicted molar refractivity (Wildman–Crippen MR) is 55.4 cm³/mol. The molecule has 0 heterocycles. The Kier molecular flexibility index (Phi) is 1.66. The molecule has 1 aromatic carbocycles. The molecule has 1 saturated carbocycles. The highest BCUT2D eigenvalue weighted by atomic mass is 35.5. The first-order chi connectivity index (χ1) is 6.36. The monoisotopic (exact) mass is 192 g/mol. The van der Waals surface area contributed by atoms with Crippen LogP contribution < -0.4 is 0 Å². The van der Waals surface area contributed by atoms with E-state index in [-0.39, 0.29) is 0 Å². The van der Waals surface area contributed by atoms with Crippen molar-refractivity contribution in [2.75, 3.05) is 0 Å². The molecule has 1 aromatic rings. The van der Waals surface area contributed by atoms with E-state index in [1.807, 2.05) is 0 Å². The van der Waals surface area contributed by atoms with Gasteiger partial charge in [0.25, 0.3) is 0 Å². The van der Waals surface area contributed by atoms with Crippen molar-refractivity contribution in [2.24, 2.45) is 0 Å². The Morgan fingerprint density at radius 1 is 1.08 bits per heavy atom. The second-order valence-electron chi connectivity index (χ2n) is 4.26. The molecule has 0 aliphatic heterocycles. The van der Waals surface area contributed by atoms with E-state index in [4.69, 9.17) is 11.6 Å². The van der Waals surface area contributed by atoms with Crippen LogP contribution in [-0.4, -0.2) is 5.38 Å². The lowest BCUT2D eigenvalue weighted by Gasteiger charge is -2.23. The van der Waals surface area contributed by atoms with Crippen LogP contribution in [0.1, 0.15) is 42.2 Å². The minimum absolute atomic E-state index is 0.389. The molecule has 1 heteroatoms. The van der Waals surface area contributed by atoms with Crippen LogP contribution in [0.4, 0.5) is 0 Å². The number of halogens is 1.